The zero-order valence-electron chi connectivity index (χ0n) is 8.90. The second-order valence-electron chi connectivity index (χ2n) is 3.30. The van der Waals surface area contributed by atoms with E-state index in [1.807, 2.05) is 6.92 Å². The summed E-state index contributed by atoms with van der Waals surface area (Å²) in [6, 6.07) is 3.26. The van der Waals surface area contributed by atoms with Crippen molar-refractivity contribution >= 4 is 11.8 Å². The molecular weight excluding hydrogens is 192 g/mol. The van der Waals surface area contributed by atoms with Crippen LogP contribution in [0.25, 0.3) is 0 Å². The Morgan fingerprint density at radius 1 is 1.67 bits per heavy atom. The number of carbonyl (C=O) groups is 1. The molecule has 0 atom stereocenters. The largest absolute Gasteiger partial charge is 0.478 e. The molecule has 0 aliphatic heterocycles. The number of aromatic nitrogens is 1. The highest BCUT2D eigenvalue weighted by molar-refractivity contribution is 5.93. The highest BCUT2D eigenvalue weighted by atomic mass is 16.4. The van der Waals surface area contributed by atoms with Crippen molar-refractivity contribution < 1.29 is 9.90 Å². The summed E-state index contributed by atoms with van der Waals surface area (Å²) in [7, 11) is 1.79. The average Bonchev–Trinajstić information content (AvgIpc) is 2.17. The van der Waals surface area contributed by atoms with Crippen LogP contribution in [0.2, 0.25) is 0 Å². The first kappa shape index (κ1) is 11.2. The van der Waals surface area contributed by atoms with Gasteiger partial charge in [-0.05, 0) is 19.1 Å². The predicted molar refractivity (Wildman–Crippen MR) is 59.4 cm³/mol. The maximum absolute atomic E-state index is 10.9. The normalized spacial score (nSPS) is 9.73. The summed E-state index contributed by atoms with van der Waals surface area (Å²) in [6.07, 6.45) is 1.70. The topological polar surface area (TPSA) is 53.4 Å². The molecule has 0 amide bonds. The number of carboxylic acids is 1. The van der Waals surface area contributed by atoms with E-state index in [0.717, 1.165) is 5.69 Å². The number of anilines is 1. The Labute approximate surface area is 88.9 Å². The molecule has 0 aromatic carbocycles. The van der Waals surface area contributed by atoms with Crippen molar-refractivity contribution in [3.05, 3.63) is 36.0 Å². The molecule has 1 N–H and O–H groups in total. The summed E-state index contributed by atoms with van der Waals surface area (Å²) in [4.78, 5) is 16.9. The van der Waals surface area contributed by atoms with E-state index in [9.17, 15) is 4.79 Å². The van der Waals surface area contributed by atoms with Crippen molar-refractivity contribution in [2.24, 2.45) is 0 Å². The first-order valence-corrected chi connectivity index (χ1v) is 4.59. The van der Waals surface area contributed by atoms with Crippen molar-refractivity contribution in [1.29, 1.82) is 0 Å². The van der Waals surface area contributed by atoms with Gasteiger partial charge in [0.05, 0.1) is 0 Å². The minimum Gasteiger partial charge on any atom is -0.478 e. The number of likely N-dealkylation sites (N-methyl/N-ethyl adjacent to an activating group) is 1. The molecule has 0 bridgehead atoms. The van der Waals surface area contributed by atoms with E-state index >= 15 is 0 Å². The van der Waals surface area contributed by atoms with Gasteiger partial charge in [-0.15, -0.1) is 6.58 Å². The maximum atomic E-state index is 10.9. The summed E-state index contributed by atoms with van der Waals surface area (Å²) >= 11 is 0. The molecule has 1 aromatic heterocycles. The lowest BCUT2D eigenvalue weighted by Gasteiger charge is -2.18. The molecule has 1 aromatic rings. The number of hydrogen-bond acceptors (Lipinski definition) is 3. The SMILES string of the molecule is C=CCN(C)c1nc(C)ccc1C(=O)O. The van der Waals surface area contributed by atoms with Gasteiger partial charge in [0.1, 0.15) is 11.4 Å². The van der Waals surface area contributed by atoms with E-state index in [4.69, 9.17) is 5.11 Å². The lowest BCUT2D eigenvalue weighted by Crippen LogP contribution is -2.21. The first-order chi connectivity index (χ1) is 7.06. The van der Waals surface area contributed by atoms with Crippen LogP contribution in [-0.2, 0) is 0 Å². The first-order valence-electron chi connectivity index (χ1n) is 4.59. The number of nitrogens with zero attached hydrogens (tertiary/aromatic N) is 2. The smallest absolute Gasteiger partial charge is 0.339 e. The number of carboxylic acid groups (broad SMARTS) is 1. The van der Waals surface area contributed by atoms with E-state index in [2.05, 4.69) is 11.6 Å². The van der Waals surface area contributed by atoms with Crippen LogP contribution < -0.4 is 4.90 Å². The Hall–Kier alpha value is -1.84. The molecule has 0 unspecified atom stereocenters. The monoisotopic (exact) mass is 206 g/mol. The lowest BCUT2D eigenvalue weighted by atomic mass is 10.2. The molecule has 0 saturated carbocycles. The molecule has 1 rings (SSSR count). The number of pyridine rings is 1. The van der Waals surface area contributed by atoms with Gasteiger partial charge in [-0.25, -0.2) is 9.78 Å². The van der Waals surface area contributed by atoms with Crippen LogP contribution in [0, 0.1) is 6.92 Å². The van der Waals surface area contributed by atoms with Gasteiger partial charge in [0, 0.05) is 19.3 Å². The standard InChI is InChI=1S/C11H14N2O2/c1-4-7-13(3)10-9(11(14)15)6-5-8(2)12-10/h4-6H,1,7H2,2-3H3,(H,14,15). The minimum atomic E-state index is -0.964. The van der Waals surface area contributed by atoms with Crippen LogP contribution in [0.5, 0.6) is 0 Å². The van der Waals surface area contributed by atoms with E-state index in [0.29, 0.717) is 12.4 Å². The van der Waals surface area contributed by atoms with Crippen LogP contribution >= 0.6 is 0 Å². The van der Waals surface area contributed by atoms with Crippen molar-refractivity contribution in [2.75, 3.05) is 18.5 Å². The predicted octanol–water partition coefficient (Wildman–Crippen LogP) is 1.71. The van der Waals surface area contributed by atoms with E-state index < -0.39 is 5.97 Å². The molecule has 0 fully saturated rings. The molecule has 0 aliphatic carbocycles. The highest BCUT2D eigenvalue weighted by Gasteiger charge is 2.14. The molecule has 0 aliphatic rings. The van der Waals surface area contributed by atoms with E-state index in [-0.39, 0.29) is 5.56 Å². The fraction of sp³-hybridized carbons (Fsp3) is 0.273. The fourth-order valence-corrected chi connectivity index (χ4v) is 1.28. The Morgan fingerprint density at radius 3 is 2.87 bits per heavy atom. The third-order valence-electron chi connectivity index (χ3n) is 2.01. The number of hydrogen-bond donors (Lipinski definition) is 1. The minimum absolute atomic E-state index is 0.213. The Balaban J connectivity index is 3.17. The van der Waals surface area contributed by atoms with E-state index in [1.54, 1.807) is 30.2 Å². The number of aryl methyl sites for hydroxylation is 1. The second kappa shape index (κ2) is 4.59. The van der Waals surface area contributed by atoms with Gasteiger partial charge < -0.3 is 10.0 Å². The molecular formula is C11H14N2O2. The fourth-order valence-electron chi connectivity index (χ4n) is 1.28. The average molecular weight is 206 g/mol. The third kappa shape index (κ3) is 2.56. The Kier molecular flexibility index (Phi) is 3.44. The van der Waals surface area contributed by atoms with Gasteiger partial charge in [0.15, 0.2) is 0 Å². The van der Waals surface area contributed by atoms with Crippen LogP contribution in [0.4, 0.5) is 5.82 Å². The van der Waals surface area contributed by atoms with Gasteiger partial charge in [-0.1, -0.05) is 6.08 Å². The Bertz CT molecular complexity index is 388. The van der Waals surface area contributed by atoms with Gasteiger partial charge in [-0.2, -0.15) is 0 Å². The van der Waals surface area contributed by atoms with Gasteiger partial charge in [0.2, 0.25) is 0 Å². The number of rotatable bonds is 4. The van der Waals surface area contributed by atoms with Crippen molar-refractivity contribution in [2.45, 2.75) is 6.92 Å². The summed E-state index contributed by atoms with van der Waals surface area (Å²) in [5.41, 5.74) is 1.01. The lowest BCUT2D eigenvalue weighted by molar-refractivity contribution is 0.0697. The summed E-state index contributed by atoms with van der Waals surface area (Å²) in [5, 5.41) is 8.98. The third-order valence-corrected chi connectivity index (χ3v) is 2.01. The molecule has 4 heteroatoms. The van der Waals surface area contributed by atoms with Gasteiger partial charge in [0.25, 0.3) is 0 Å². The van der Waals surface area contributed by atoms with Crippen molar-refractivity contribution in [3.8, 4) is 0 Å². The van der Waals surface area contributed by atoms with Crippen LogP contribution in [0.15, 0.2) is 24.8 Å². The summed E-state index contributed by atoms with van der Waals surface area (Å²) in [6.45, 7) is 6.00. The van der Waals surface area contributed by atoms with Crippen molar-refractivity contribution in [3.63, 3.8) is 0 Å². The Morgan fingerprint density at radius 2 is 2.33 bits per heavy atom. The maximum Gasteiger partial charge on any atom is 0.339 e. The zero-order chi connectivity index (χ0) is 11.4. The summed E-state index contributed by atoms with van der Waals surface area (Å²) < 4.78 is 0. The molecule has 0 saturated heterocycles. The zero-order valence-corrected chi connectivity index (χ0v) is 8.90. The van der Waals surface area contributed by atoms with Gasteiger partial charge in [-0.3, -0.25) is 0 Å². The van der Waals surface area contributed by atoms with Crippen LogP contribution in [-0.4, -0.2) is 29.7 Å². The molecule has 15 heavy (non-hydrogen) atoms. The highest BCUT2D eigenvalue weighted by Crippen LogP contribution is 2.17. The van der Waals surface area contributed by atoms with Crippen LogP contribution in [0.3, 0.4) is 0 Å². The second-order valence-corrected chi connectivity index (χ2v) is 3.30. The number of aromatic carboxylic acids is 1. The molecule has 1 heterocycles. The van der Waals surface area contributed by atoms with Gasteiger partial charge >= 0.3 is 5.97 Å². The quantitative estimate of drug-likeness (QED) is 0.762. The van der Waals surface area contributed by atoms with E-state index in [1.165, 1.54) is 0 Å². The molecule has 4 nitrogen and oxygen atoms in total. The van der Waals surface area contributed by atoms with Crippen LogP contribution in [0.1, 0.15) is 16.1 Å². The molecule has 0 radical (unpaired) electrons. The molecule has 0 spiro atoms. The summed E-state index contributed by atoms with van der Waals surface area (Å²) in [5.74, 6) is -0.490. The van der Waals surface area contributed by atoms with Crippen molar-refractivity contribution in [1.82, 2.24) is 4.98 Å². The molecule has 80 valence electrons.